The monoisotopic (exact) mass is 336 g/mol. The van der Waals surface area contributed by atoms with Crippen LogP contribution in [0.1, 0.15) is 43.1 Å². The molecule has 0 amide bonds. The van der Waals surface area contributed by atoms with Crippen LogP contribution in [0.3, 0.4) is 0 Å². The van der Waals surface area contributed by atoms with E-state index in [1.807, 2.05) is 18.2 Å². The van der Waals surface area contributed by atoms with Crippen LogP contribution in [0.2, 0.25) is 5.02 Å². The van der Waals surface area contributed by atoms with Gasteiger partial charge < -0.3 is 5.32 Å². The highest BCUT2D eigenvalue weighted by Crippen LogP contribution is 2.36. The lowest BCUT2D eigenvalue weighted by molar-refractivity contribution is 0.354. The van der Waals surface area contributed by atoms with Crippen molar-refractivity contribution in [1.29, 1.82) is 0 Å². The average molecular weight is 337 g/mol. The van der Waals surface area contributed by atoms with Gasteiger partial charge in [-0.3, -0.25) is 0 Å². The second-order valence-corrected chi connectivity index (χ2v) is 6.48. The molecule has 1 unspecified atom stereocenters. The maximum absolute atomic E-state index is 12.6. The minimum atomic E-state index is -0.434. The highest BCUT2D eigenvalue weighted by molar-refractivity contribution is 6.30. The largest absolute Gasteiger partial charge is 0.303 e. The van der Waals surface area contributed by atoms with E-state index in [1.54, 1.807) is 4.68 Å². The van der Waals surface area contributed by atoms with E-state index in [1.165, 1.54) is 37.6 Å². The molecule has 1 aliphatic rings. The third-order valence-electron chi connectivity index (χ3n) is 4.55. The molecular weight excluding hydrogens is 315 g/mol. The molecule has 124 valence electrons. The molecule has 1 N–H and O–H groups in total. The van der Waals surface area contributed by atoms with E-state index < -0.39 is 6.67 Å². The Hall–Kier alpha value is -1.46. The van der Waals surface area contributed by atoms with Gasteiger partial charge in [0.25, 0.3) is 0 Å². The second-order valence-electron chi connectivity index (χ2n) is 6.05. The van der Waals surface area contributed by atoms with Gasteiger partial charge in [-0.25, -0.2) is 14.1 Å². The van der Waals surface area contributed by atoms with Crippen molar-refractivity contribution in [3.63, 3.8) is 0 Å². The Bertz CT molecular complexity index is 625. The maximum Gasteiger partial charge on any atom is 0.140 e. The van der Waals surface area contributed by atoms with Crippen LogP contribution in [0.5, 0.6) is 0 Å². The Morgan fingerprint density at radius 3 is 2.91 bits per heavy atom. The van der Waals surface area contributed by atoms with Crippen LogP contribution in [0.25, 0.3) is 0 Å². The summed E-state index contributed by atoms with van der Waals surface area (Å²) in [5, 5.41) is 8.43. The lowest BCUT2D eigenvalue weighted by Gasteiger charge is -2.25. The first-order valence-corrected chi connectivity index (χ1v) is 8.57. The maximum atomic E-state index is 12.6. The summed E-state index contributed by atoms with van der Waals surface area (Å²) in [6.07, 6.45) is 6.49. The van der Waals surface area contributed by atoms with Crippen LogP contribution in [0, 0.1) is 5.92 Å². The first-order chi connectivity index (χ1) is 11.3. The summed E-state index contributed by atoms with van der Waals surface area (Å²) in [6, 6.07) is 8.28. The quantitative estimate of drug-likeness (QED) is 0.833. The highest BCUT2D eigenvalue weighted by atomic mass is 35.5. The molecule has 0 saturated heterocycles. The first-order valence-electron chi connectivity index (χ1n) is 8.19. The molecule has 1 aromatic heterocycles. The van der Waals surface area contributed by atoms with Crippen molar-refractivity contribution >= 4 is 11.6 Å². The SMILES string of the molecule is FCCn1ncnc1CNC(c1cccc(Cl)c1)C1CCCC1. The molecule has 6 heteroatoms. The van der Waals surface area contributed by atoms with Gasteiger partial charge in [0.2, 0.25) is 0 Å². The summed E-state index contributed by atoms with van der Waals surface area (Å²) in [5.41, 5.74) is 1.21. The fraction of sp³-hybridized carbons (Fsp3) is 0.529. The Morgan fingerprint density at radius 1 is 1.35 bits per heavy atom. The van der Waals surface area contributed by atoms with Gasteiger partial charge in [0.15, 0.2) is 0 Å². The molecule has 1 fully saturated rings. The third kappa shape index (κ3) is 4.09. The van der Waals surface area contributed by atoms with Gasteiger partial charge in [0.05, 0.1) is 13.1 Å². The van der Waals surface area contributed by atoms with Gasteiger partial charge >= 0.3 is 0 Å². The number of hydrogen-bond donors (Lipinski definition) is 1. The minimum absolute atomic E-state index is 0.242. The Labute approximate surface area is 141 Å². The van der Waals surface area contributed by atoms with Crippen LogP contribution in [-0.4, -0.2) is 21.4 Å². The van der Waals surface area contributed by atoms with Crippen molar-refractivity contribution in [2.45, 2.75) is 44.8 Å². The molecule has 4 nitrogen and oxygen atoms in total. The Morgan fingerprint density at radius 2 is 2.17 bits per heavy atom. The number of aryl methyl sites for hydroxylation is 1. The lowest BCUT2D eigenvalue weighted by atomic mass is 9.91. The van der Waals surface area contributed by atoms with Gasteiger partial charge in [-0.2, -0.15) is 5.10 Å². The lowest BCUT2D eigenvalue weighted by Crippen LogP contribution is -2.28. The zero-order valence-electron chi connectivity index (χ0n) is 13.1. The smallest absolute Gasteiger partial charge is 0.140 e. The van der Waals surface area contributed by atoms with Crippen molar-refractivity contribution in [2.24, 2.45) is 5.92 Å². The Balaban J connectivity index is 1.74. The molecule has 1 aliphatic carbocycles. The molecule has 0 spiro atoms. The van der Waals surface area contributed by atoms with E-state index in [4.69, 9.17) is 11.6 Å². The fourth-order valence-corrected chi connectivity index (χ4v) is 3.64. The molecule has 0 radical (unpaired) electrons. The second kappa shape index (κ2) is 7.88. The van der Waals surface area contributed by atoms with E-state index in [0.29, 0.717) is 12.5 Å². The van der Waals surface area contributed by atoms with Crippen LogP contribution < -0.4 is 5.32 Å². The summed E-state index contributed by atoms with van der Waals surface area (Å²) in [6.45, 7) is 0.395. The number of halogens is 2. The molecular formula is C17H22ClFN4. The highest BCUT2D eigenvalue weighted by Gasteiger charge is 2.26. The molecule has 1 aromatic carbocycles. The zero-order valence-corrected chi connectivity index (χ0v) is 13.8. The summed E-state index contributed by atoms with van der Waals surface area (Å²) in [7, 11) is 0. The number of nitrogens with zero attached hydrogens (tertiary/aromatic N) is 3. The van der Waals surface area contributed by atoms with E-state index in [0.717, 1.165) is 10.8 Å². The van der Waals surface area contributed by atoms with Gasteiger partial charge in [-0.15, -0.1) is 0 Å². The molecule has 0 aliphatic heterocycles. The number of rotatable bonds is 7. The van der Waals surface area contributed by atoms with Crippen LogP contribution >= 0.6 is 11.6 Å². The van der Waals surface area contributed by atoms with E-state index in [-0.39, 0.29) is 12.6 Å². The van der Waals surface area contributed by atoms with E-state index >= 15 is 0 Å². The van der Waals surface area contributed by atoms with Gasteiger partial charge in [-0.05, 0) is 36.5 Å². The minimum Gasteiger partial charge on any atom is -0.303 e. The number of benzene rings is 1. The number of hydrogen-bond acceptors (Lipinski definition) is 3. The first kappa shape index (κ1) is 16.4. The van der Waals surface area contributed by atoms with Crippen molar-refractivity contribution in [3.8, 4) is 0 Å². The van der Waals surface area contributed by atoms with Gasteiger partial charge in [-0.1, -0.05) is 36.6 Å². The summed E-state index contributed by atoms with van der Waals surface area (Å²) in [4.78, 5) is 4.24. The Kier molecular flexibility index (Phi) is 5.62. The predicted octanol–water partition coefficient (Wildman–Crippen LogP) is 3.92. The molecule has 1 heterocycles. The number of nitrogens with one attached hydrogen (secondary N) is 1. The van der Waals surface area contributed by atoms with Crippen molar-refractivity contribution in [3.05, 3.63) is 47.0 Å². The fourth-order valence-electron chi connectivity index (χ4n) is 3.44. The van der Waals surface area contributed by atoms with E-state index in [9.17, 15) is 4.39 Å². The summed E-state index contributed by atoms with van der Waals surface area (Å²) >= 11 is 6.17. The molecule has 1 atom stereocenters. The van der Waals surface area contributed by atoms with Crippen molar-refractivity contribution in [2.75, 3.05) is 6.67 Å². The number of aromatic nitrogens is 3. The van der Waals surface area contributed by atoms with Gasteiger partial charge in [0, 0.05) is 11.1 Å². The molecule has 1 saturated carbocycles. The average Bonchev–Trinajstić information content (AvgIpc) is 3.21. The molecule has 2 aromatic rings. The normalized spacial score (nSPS) is 16.8. The van der Waals surface area contributed by atoms with Crippen LogP contribution in [-0.2, 0) is 13.1 Å². The van der Waals surface area contributed by atoms with Crippen molar-refractivity contribution in [1.82, 2.24) is 20.1 Å². The summed E-state index contributed by atoms with van der Waals surface area (Å²) in [5.74, 6) is 1.37. The topological polar surface area (TPSA) is 42.7 Å². The zero-order chi connectivity index (χ0) is 16.1. The summed E-state index contributed by atoms with van der Waals surface area (Å²) < 4.78 is 14.2. The number of alkyl halides is 1. The molecule has 23 heavy (non-hydrogen) atoms. The standard InChI is InChI=1S/C17H22ClFN4/c18-15-7-3-6-14(10-15)17(13-4-1-2-5-13)20-11-16-21-12-22-23(16)9-8-19/h3,6-7,10,12-13,17,20H,1-2,4-5,8-9,11H2. The van der Waals surface area contributed by atoms with Crippen LogP contribution in [0.4, 0.5) is 4.39 Å². The predicted molar refractivity (Wildman–Crippen MR) is 89.0 cm³/mol. The van der Waals surface area contributed by atoms with E-state index in [2.05, 4.69) is 21.5 Å². The van der Waals surface area contributed by atoms with Crippen molar-refractivity contribution < 1.29 is 4.39 Å². The van der Waals surface area contributed by atoms with Gasteiger partial charge in [0.1, 0.15) is 18.8 Å². The molecule has 3 rings (SSSR count). The van der Waals surface area contributed by atoms with Crippen LogP contribution in [0.15, 0.2) is 30.6 Å². The third-order valence-corrected chi connectivity index (χ3v) is 4.79. The molecule has 0 bridgehead atoms.